The Morgan fingerprint density at radius 3 is 2.43 bits per heavy atom. The highest BCUT2D eigenvalue weighted by atomic mass is 16.2. The van der Waals surface area contributed by atoms with E-state index in [0.29, 0.717) is 5.92 Å². The van der Waals surface area contributed by atoms with E-state index in [1.807, 2.05) is 11.9 Å². The molecule has 0 spiro atoms. The number of nitrogens with two attached hydrogens (primary N) is 1. The monoisotopic (exact) mass is 316 g/mol. The fourth-order valence-corrected chi connectivity index (χ4v) is 4.16. The van der Waals surface area contributed by atoms with Crippen molar-refractivity contribution in [3.63, 3.8) is 0 Å². The summed E-state index contributed by atoms with van der Waals surface area (Å²) in [6, 6.07) is 0.644. The van der Waals surface area contributed by atoms with Crippen LogP contribution in [0.25, 0.3) is 0 Å². The van der Waals surface area contributed by atoms with Gasteiger partial charge in [0.2, 0.25) is 0 Å². The summed E-state index contributed by atoms with van der Waals surface area (Å²) in [5, 5.41) is 0. The van der Waals surface area contributed by atoms with Crippen molar-refractivity contribution in [2.45, 2.75) is 24.9 Å². The largest absolute Gasteiger partial charge is 0.364 e. The van der Waals surface area contributed by atoms with Crippen LogP contribution < -0.4 is 10.6 Å². The molecule has 3 atom stereocenters. The number of piperidine rings is 1. The molecule has 3 fully saturated rings. The van der Waals surface area contributed by atoms with Crippen LogP contribution in [-0.4, -0.2) is 70.5 Å². The Bertz CT molecular complexity index is 648. The van der Waals surface area contributed by atoms with Crippen molar-refractivity contribution in [3.05, 3.63) is 18.1 Å². The zero-order valence-electron chi connectivity index (χ0n) is 13.1. The number of primary amides is 1. The fraction of sp³-hybridized carbons (Fsp3) is 0.600. The second-order valence-electron chi connectivity index (χ2n) is 6.65. The van der Waals surface area contributed by atoms with Crippen LogP contribution >= 0.6 is 0 Å². The first kappa shape index (κ1) is 14.2. The molecule has 2 saturated heterocycles. The Balaban J connectivity index is 1.55. The molecule has 3 aliphatic rings. The molecule has 4 rings (SSSR count). The molecule has 2 bridgehead atoms. The van der Waals surface area contributed by atoms with Crippen LogP contribution in [0.2, 0.25) is 0 Å². The Labute approximate surface area is 134 Å². The van der Waals surface area contributed by atoms with Gasteiger partial charge in [-0.1, -0.05) is 0 Å². The molecule has 3 unspecified atom stereocenters. The van der Waals surface area contributed by atoms with Crippen LogP contribution in [0.4, 0.5) is 10.6 Å². The van der Waals surface area contributed by atoms with Crippen LogP contribution in [0.1, 0.15) is 23.3 Å². The fourth-order valence-electron chi connectivity index (χ4n) is 4.16. The van der Waals surface area contributed by atoms with Gasteiger partial charge in [-0.2, -0.15) is 0 Å². The number of hydrogen-bond acceptors (Lipinski definition) is 5. The summed E-state index contributed by atoms with van der Waals surface area (Å²) in [5.74, 6) is 0.768. The normalized spacial score (nSPS) is 29.7. The lowest BCUT2D eigenvalue weighted by Crippen LogP contribution is -2.51. The maximum absolute atomic E-state index is 12.3. The number of aromatic nitrogens is 2. The average molecular weight is 316 g/mol. The molecule has 2 N–H and O–H groups in total. The first-order valence-electron chi connectivity index (χ1n) is 7.95. The zero-order valence-corrected chi connectivity index (χ0v) is 13.1. The van der Waals surface area contributed by atoms with Gasteiger partial charge in [-0.15, -0.1) is 0 Å². The van der Waals surface area contributed by atoms with Crippen molar-refractivity contribution in [2.24, 2.45) is 11.7 Å². The Hall–Kier alpha value is -2.38. The number of anilines is 1. The molecule has 23 heavy (non-hydrogen) atoms. The van der Waals surface area contributed by atoms with Crippen molar-refractivity contribution in [2.75, 3.05) is 31.6 Å². The molecular formula is C15H20N6O2. The van der Waals surface area contributed by atoms with E-state index in [-0.39, 0.29) is 23.8 Å². The molecule has 1 aliphatic carbocycles. The van der Waals surface area contributed by atoms with Crippen LogP contribution in [0, 0.1) is 5.92 Å². The van der Waals surface area contributed by atoms with Gasteiger partial charge in [-0.25, -0.2) is 14.8 Å². The molecule has 3 heterocycles. The predicted octanol–water partition coefficient (Wildman–Crippen LogP) is -0.0899. The van der Waals surface area contributed by atoms with Gasteiger partial charge >= 0.3 is 6.03 Å². The van der Waals surface area contributed by atoms with Gasteiger partial charge in [-0.3, -0.25) is 4.79 Å². The van der Waals surface area contributed by atoms with Crippen molar-refractivity contribution in [1.29, 1.82) is 0 Å². The number of urea groups is 1. The SMILES string of the molecule is CN1CCN(C2CC3CC2N(c2cnc(C(N)=O)cn2)C3)C1=O. The molecule has 8 nitrogen and oxygen atoms in total. The van der Waals surface area contributed by atoms with E-state index >= 15 is 0 Å². The number of likely N-dealkylation sites (N-methyl/N-ethyl adjacent to an activating group) is 1. The summed E-state index contributed by atoms with van der Waals surface area (Å²) in [7, 11) is 1.85. The zero-order chi connectivity index (χ0) is 16.1. The van der Waals surface area contributed by atoms with Crippen molar-refractivity contribution in [1.82, 2.24) is 19.8 Å². The minimum Gasteiger partial charge on any atom is -0.364 e. The lowest BCUT2D eigenvalue weighted by atomic mass is 10.0. The van der Waals surface area contributed by atoms with E-state index in [1.54, 1.807) is 11.1 Å². The highest BCUT2D eigenvalue weighted by molar-refractivity contribution is 5.90. The maximum Gasteiger partial charge on any atom is 0.320 e. The number of carbonyl (C=O) groups excluding carboxylic acids is 2. The van der Waals surface area contributed by atoms with Gasteiger partial charge < -0.3 is 20.4 Å². The summed E-state index contributed by atoms with van der Waals surface area (Å²) in [6.07, 6.45) is 5.17. The van der Waals surface area contributed by atoms with E-state index in [0.717, 1.165) is 38.3 Å². The summed E-state index contributed by atoms with van der Waals surface area (Å²) >= 11 is 0. The van der Waals surface area contributed by atoms with Crippen molar-refractivity contribution >= 4 is 17.8 Å². The van der Waals surface area contributed by atoms with E-state index in [2.05, 4.69) is 14.9 Å². The lowest BCUT2D eigenvalue weighted by Gasteiger charge is -2.38. The first-order valence-corrected chi connectivity index (χ1v) is 7.95. The van der Waals surface area contributed by atoms with Gasteiger partial charge in [0.1, 0.15) is 11.5 Å². The number of hydrogen-bond donors (Lipinski definition) is 1. The van der Waals surface area contributed by atoms with E-state index in [4.69, 9.17) is 5.73 Å². The molecule has 1 saturated carbocycles. The summed E-state index contributed by atoms with van der Waals surface area (Å²) < 4.78 is 0. The van der Waals surface area contributed by atoms with Crippen LogP contribution in [0.3, 0.4) is 0 Å². The maximum atomic E-state index is 12.3. The van der Waals surface area contributed by atoms with Gasteiger partial charge in [-0.05, 0) is 18.8 Å². The summed E-state index contributed by atoms with van der Waals surface area (Å²) in [4.78, 5) is 37.8. The summed E-state index contributed by atoms with van der Waals surface area (Å²) in [6.45, 7) is 2.52. The predicted molar refractivity (Wildman–Crippen MR) is 82.9 cm³/mol. The van der Waals surface area contributed by atoms with Gasteiger partial charge in [0.25, 0.3) is 5.91 Å². The highest BCUT2D eigenvalue weighted by Gasteiger charge is 2.50. The third-order valence-corrected chi connectivity index (χ3v) is 5.28. The second-order valence-corrected chi connectivity index (χ2v) is 6.65. The minimum atomic E-state index is -0.574. The number of amides is 3. The van der Waals surface area contributed by atoms with E-state index < -0.39 is 5.91 Å². The molecular weight excluding hydrogens is 296 g/mol. The molecule has 122 valence electrons. The number of rotatable bonds is 3. The van der Waals surface area contributed by atoms with E-state index in [9.17, 15) is 9.59 Å². The Kier molecular flexibility index (Phi) is 3.14. The van der Waals surface area contributed by atoms with Crippen LogP contribution in [0.5, 0.6) is 0 Å². The molecule has 3 amide bonds. The quantitative estimate of drug-likeness (QED) is 0.841. The van der Waals surface area contributed by atoms with Crippen molar-refractivity contribution in [3.8, 4) is 0 Å². The lowest BCUT2D eigenvalue weighted by molar-refractivity contribution is 0.0995. The first-order chi connectivity index (χ1) is 11.0. The third kappa shape index (κ3) is 2.20. The topological polar surface area (TPSA) is 95.7 Å². The molecule has 8 heteroatoms. The second kappa shape index (κ2) is 5.07. The molecule has 2 aliphatic heterocycles. The minimum absolute atomic E-state index is 0.123. The Morgan fingerprint density at radius 2 is 1.91 bits per heavy atom. The smallest absolute Gasteiger partial charge is 0.320 e. The molecule has 0 radical (unpaired) electrons. The number of carbonyl (C=O) groups is 2. The molecule has 1 aromatic heterocycles. The van der Waals surface area contributed by atoms with Crippen LogP contribution in [0.15, 0.2) is 12.4 Å². The highest BCUT2D eigenvalue weighted by Crippen LogP contribution is 2.42. The molecule has 1 aromatic rings. The standard InChI is InChI=1S/C15H20N6O2/c1-19-2-3-20(15(19)23)11-4-9-5-12(11)21(8-9)13-7-17-10(6-18-13)14(16)22/h6-7,9,11-12H,2-5,8H2,1H3,(H2,16,22). The van der Waals surface area contributed by atoms with Gasteiger partial charge in [0, 0.05) is 26.7 Å². The number of fused-ring (bicyclic) bond motifs is 2. The Morgan fingerprint density at radius 1 is 1.17 bits per heavy atom. The van der Waals surface area contributed by atoms with Crippen LogP contribution in [-0.2, 0) is 0 Å². The summed E-state index contributed by atoms with van der Waals surface area (Å²) in [5.41, 5.74) is 5.38. The van der Waals surface area contributed by atoms with Gasteiger partial charge in [0.05, 0.1) is 24.5 Å². The molecule has 0 aromatic carbocycles. The average Bonchev–Trinajstić information content (AvgIpc) is 3.23. The van der Waals surface area contributed by atoms with Crippen molar-refractivity contribution < 1.29 is 9.59 Å². The van der Waals surface area contributed by atoms with E-state index in [1.165, 1.54) is 6.20 Å². The third-order valence-electron chi connectivity index (χ3n) is 5.28. The van der Waals surface area contributed by atoms with Gasteiger partial charge in [0.15, 0.2) is 0 Å². The number of nitrogens with zero attached hydrogens (tertiary/aromatic N) is 5.